The zero-order valence-corrected chi connectivity index (χ0v) is 16.3. The number of rotatable bonds is 9. The Morgan fingerprint density at radius 1 is 1.07 bits per heavy atom. The van der Waals surface area contributed by atoms with Gasteiger partial charge in [-0.25, -0.2) is 17.5 Å². The van der Waals surface area contributed by atoms with Gasteiger partial charge in [-0.3, -0.25) is 4.98 Å². The lowest BCUT2D eigenvalue weighted by atomic mass is 10.3. The summed E-state index contributed by atoms with van der Waals surface area (Å²) in [7, 11) is -2.53. The Balaban J connectivity index is 1.49. The number of hydrogen-bond acceptors (Lipinski definition) is 8. The summed E-state index contributed by atoms with van der Waals surface area (Å²) in [6, 6.07) is 10.5. The largest absolute Gasteiger partial charge is 0.494 e. The van der Waals surface area contributed by atoms with Gasteiger partial charge in [-0.05, 0) is 42.5 Å². The Bertz CT molecular complexity index is 1050. The maximum absolute atomic E-state index is 13.7. The summed E-state index contributed by atoms with van der Waals surface area (Å²) in [5.74, 6) is 0.261. The summed E-state index contributed by atoms with van der Waals surface area (Å²) in [4.78, 5) is 3.82. The first-order valence-corrected chi connectivity index (χ1v) is 10.0. The minimum atomic E-state index is -3.84. The SMILES string of the molecule is COc1ccc(S(=O)(=O)NCCNc2ccc(Nc3cccnc3)nn2)cc1F. The van der Waals surface area contributed by atoms with E-state index in [-0.39, 0.29) is 23.7 Å². The number of benzene rings is 1. The number of hydrogen-bond donors (Lipinski definition) is 3. The van der Waals surface area contributed by atoms with E-state index in [9.17, 15) is 12.8 Å². The van der Waals surface area contributed by atoms with Crippen LogP contribution in [0, 0.1) is 5.82 Å². The van der Waals surface area contributed by atoms with Gasteiger partial charge in [-0.1, -0.05) is 0 Å². The molecule has 2 aromatic heterocycles. The maximum Gasteiger partial charge on any atom is 0.240 e. The quantitative estimate of drug-likeness (QED) is 0.453. The molecule has 9 nitrogen and oxygen atoms in total. The van der Waals surface area contributed by atoms with Gasteiger partial charge in [0.05, 0.1) is 23.9 Å². The van der Waals surface area contributed by atoms with Gasteiger partial charge in [0, 0.05) is 19.3 Å². The molecule has 0 unspecified atom stereocenters. The zero-order valence-electron chi connectivity index (χ0n) is 15.5. The molecule has 0 atom stereocenters. The van der Waals surface area contributed by atoms with Crippen molar-refractivity contribution in [2.75, 3.05) is 30.8 Å². The number of nitrogens with one attached hydrogen (secondary N) is 3. The summed E-state index contributed by atoms with van der Waals surface area (Å²) in [5, 5.41) is 14.1. The highest BCUT2D eigenvalue weighted by Gasteiger charge is 2.16. The molecule has 0 amide bonds. The lowest BCUT2D eigenvalue weighted by Crippen LogP contribution is -2.29. The molecule has 0 aliphatic rings. The Labute approximate surface area is 167 Å². The molecular formula is C18H19FN6O3S. The van der Waals surface area contributed by atoms with Crippen molar-refractivity contribution in [1.82, 2.24) is 19.9 Å². The molecule has 3 rings (SSSR count). The van der Waals surface area contributed by atoms with E-state index in [1.165, 1.54) is 19.2 Å². The van der Waals surface area contributed by atoms with Crippen molar-refractivity contribution < 1.29 is 17.5 Å². The van der Waals surface area contributed by atoms with E-state index in [1.807, 2.05) is 6.07 Å². The van der Waals surface area contributed by atoms with Crippen molar-refractivity contribution in [3.8, 4) is 5.75 Å². The highest BCUT2D eigenvalue weighted by atomic mass is 32.2. The minimum absolute atomic E-state index is 0.0225. The number of pyridine rings is 1. The molecule has 11 heteroatoms. The van der Waals surface area contributed by atoms with Crippen LogP contribution in [0.5, 0.6) is 5.75 Å². The highest BCUT2D eigenvalue weighted by Crippen LogP contribution is 2.20. The van der Waals surface area contributed by atoms with Crippen LogP contribution < -0.4 is 20.1 Å². The Morgan fingerprint density at radius 2 is 1.86 bits per heavy atom. The summed E-state index contributed by atoms with van der Waals surface area (Å²) < 4.78 is 45.3. The first-order valence-electron chi connectivity index (χ1n) is 8.56. The van der Waals surface area contributed by atoms with Crippen molar-refractivity contribution in [2.24, 2.45) is 0 Å². The Kier molecular flexibility index (Phi) is 6.52. The lowest BCUT2D eigenvalue weighted by molar-refractivity contribution is 0.385. The van der Waals surface area contributed by atoms with Gasteiger partial charge in [0.25, 0.3) is 0 Å². The second kappa shape index (κ2) is 9.26. The number of nitrogens with zero attached hydrogens (tertiary/aromatic N) is 3. The molecule has 0 fully saturated rings. The topological polar surface area (TPSA) is 118 Å². The Morgan fingerprint density at radius 3 is 2.52 bits per heavy atom. The van der Waals surface area contributed by atoms with Gasteiger partial charge >= 0.3 is 0 Å². The zero-order chi connectivity index (χ0) is 20.7. The number of sulfonamides is 1. The number of halogens is 1. The Hall–Kier alpha value is -3.31. The second-order valence-electron chi connectivity index (χ2n) is 5.79. The molecule has 2 heterocycles. The first kappa shape index (κ1) is 20.4. The van der Waals surface area contributed by atoms with Gasteiger partial charge in [0.15, 0.2) is 17.4 Å². The van der Waals surface area contributed by atoms with E-state index in [1.54, 1.807) is 30.6 Å². The number of aromatic nitrogens is 3. The second-order valence-corrected chi connectivity index (χ2v) is 7.56. The van der Waals surface area contributed by atoms with Gasteiger partial charge in [0.2, 0.25) is 10.0 Å². The average molecular weight is 418 g/mol. The monoisotopic (exact) mass is 418 g/mol. The summed E-state index contributed by atoms with van der Waals surface area (Å²) >= 11 is 0. The maximum atomic E-state index is 13.7. The molecular weight excluding hydrogens is 399 g/mol. The minimum Gasteiger partial charge on any atom is -0.494 e. The van der Waals surface area contributed by atoms with Crippen LogP contribution in [0.3, 0.4) is 0 Å². The fourth-order valence-corrected chi connectivity index (χ4v) is 3.39. The van der Waals surface area contributed by atoms with Crippen LogP contribution in [-0.4, -0.2) is 43.8 Å². The van der Waals surface area contributed by atoms with Crippen LogP contribution in [0.1, 0.15) is 0 Å². The smallest absolute Gasteiger partial charge is 0.240 e. The van der Waals surface area contributed by atoms with Crippen molar-refractivity contribution in [3.63, 3.8) is 0 Å². The van der Waals surface area contributed by atoms with E-state index in [2.05, 4.69) is 30.5 Å². The summed E-state index contributed by atoms with van der Waals surface area (Å²) in [6.45, 7) is 0.343. The van der Waals surface area contributed by atoms with Crippen molar-refractivity contribution >= 4 is 27.3 Å². The molecule has 1 aromatic carbocycles. The van der Waals surface area contributed by atoms with Crippen molar-refractivity contribution in [2.45, 2.75) is 4.90 Å². The molecule has 0 radical (unpaired) electrons. The number of methoxy groups -OCH3 is 1. The van der Waals surface area contributed by atoms with Crippen molar-refractivity contribution in [1.29, 1.82) is 0 Å². The van der Waals surface area contributed by atoms with Crippen LogP contribution in [0.4, 0.5) is 21.7 Å². The number of anilines is 3. The molecule has 152 valence electrons. The lowest BCUT2D eigenvalue weighted by Gasteiger charge is -2.10. The fourth-order valence-electron chi connectivity index (χ4n) is 2.35. The predicted octanol–water partition coefficient (Wildman–Crippen LogP) is 2.15. The van der Waals surface area contributed by atoms with Gasteiger partial charge in [-0.2, -0.15) is 0 Å². The molecule has 0 saturated carbocycles. The van der Waals surface area contributed by atoms with E-state index in [0.29, 0.717) is 11.6 Å². The van der Waals surface area contributed by atoms with E-state index >= 15 is 0 Å². The third-order valence-corrected chi connectivity index (χ3v) is 5.21. The van der Waals surface area contributed by atoms with E-state index in [4.69, 9.17) is 4.74 Å². The fraction of sp³-hybridized carbons (Fsp3) is 0.167. The molecule has 3 N–H and O–H groups in total. The molecule has 0 aliphatic carbocycles. The van der Waals surface area contributed by atoms with Gasteiger partial charge < -0.3 is 15.4 Å². The molecule has 3 aromatic rings. The van der Waals surface area contributed by atoms with Crippen LogP contribution in [0.15, 0.2) is 59.8 Å². The molecule has 0 bridgehead atoms. The number of ether oxygens (including phenoxy) is 1. The predicted molar refractivity (Wildman–Crippen MR) is 106 cm³/mol. The highest BCUT2D eigenvalue weighted by molar-refractivity contribution is 7.89. The van der Waals surface area contributed by atoms with Crippen LogP contribution >= 0.6 is 0 Å². The van der Waals surface area contributed by atoms with E-state index < -0.39 is 15.8 Å². The normalized spacial score (nSPS) is 11.1. The van der Waals surface area contributed by atoms with Gasteiger partial charge in [-0.15, -0.1) is 10.2 Å². The summed E-state index contributed by atoms with van der Waals surface area (Å²) in [6.07, 6.45) is 3.33. The van der Waals surface area contributed by atoms with Crippen molar-refractivity contribution in [3.05, 3.63) is 60.7 Å². The molecule has 0 aliphatic heterocycles. The molecule has 0 spiro atoms. The van der Waals surface area contributed by atoms with Crippen LogP contribution in [0.25, 0.3) is 0 Å². The van der Waals surface area contributed by atoms with Gasteiger partial charge in [0.1, 0.15) is 5.82 Å². The molecule has 0 saturated heterocycles. The van der Waals surface area contributed by atoms with E-state index in [0.717, 1.165) is 11.8 Å². The first-order chi connectivity index (χ1) is 14.0. The average Bonchev–Trinajstić information content (AvgIpc) is 2.73. The standard InChI is InChI=1S/C18H19FN6O3S/c1-28-16-5-4-14(11-15(16)19)29(26,27)22-10-9-21-17-6-7-18(25-24-17)23-13-3-2-8-20-12-13/h2-8,11-12,22H,9-10H2,1H3,(H,21,24)(H,23,25). The third kappa shape index (κ3) is 5.59. The third-order valence-electron chi connectivity index (χ3n) is 3.76. The van der Waals surface area contributed by atoms with Crippen LogP contribution in [0.2, 0.25) is 0 Å². The summed E-state index contributed by atoms with van der Waals surface area (Å²) in [5.41, 5.74) is 0.784. The van der Waals surface area contributed by atoms with Crippen LogP contribution in [-0.2, 0) is 10.0 Å². The molecule has 29 heavy (non-hydrogen) atoms.